The molecule has 0 aliphatic rings. The van der Waals surface area contributed by atoms with E-state index in [0.29, 0.717) is 17.1 Å². The first-order valence-electron chi connectivity index (χ1n) is 6.13. The van der Waals surface area contributed by atoms with Gasteiger partial charge < -0.3 is 9.84 Å². The minimum Gasteiger partial charge on any atom is -0.487 e. The molecule has 3 rings (SSSR count). The number of hydrogen-bond donors (Lipinski definition) is 1. The number of fused-ring (bicyclic) bond motifs is 1. The van der Waals surface area contributed by atoms with Crippen molar-refractivity contribution >= 4 is 11.6 Å². The molecule has 20 heavy (non-hydrogen) atoms. The van der Waals surface area contributed by atoms with Crippen molar-refractivity contribution in [2.75, 3.05) is 0 Å². The molecule has 0 bridgehead atoms. The zero-order chi connectivity index (χ0) is 13.9. The molecule has 3 aromatic rings. The van der Waals surface area contributed by atoms with Crippen molar-refractivity contribution in [1.29, 1.82) is 0 Å². The Morgan fingerprint density at radius 2 is 1.90 bits per heavy atom. The monoisotopic (exact) mass is 268 g/mol. The van der Waals surface area contributed by atoms with Crippen molar-refractivity contribution in [3.63, 3.8) is 0 Å². The predicted octanol–water partition coefficient (Wildman–Crippen LogP) is 2.61. The first-order valence-corrected chi connectivity index (χ1v) is 6.13. The first kappa shape index (κ1) is 12.2. The quantitative estimate of drug-likeness (QED) is 0.790. The molecule has 2 aromatic heterocycles. The number of pyridine rings is 1. The number of imidazole rings is 1. The SMILES string of the molecule is O=C(O)c1c(COc2ccccc2)nc2ccccn12. The van der Waals surface area contributed by atoms with Gasteiger partial charge in [0, 0.05) is 6.20 Å². The van der Waals surface area contributed by atoms with E-state index in [1.165, 1.54) is 0 Å². The summed E-state index contributed by atoms with van der Waals surface area (Å²) in [5.74, 6) is -0.337. The summed E-state index contributed by atoms with van der Waals surface area (Å²) < 4.78 is 7.12. The number of benzene rings is 1. The Hall–Kier alpha value is -2.82. The van der Waals surface area contributed by atoms with Gasteiger partial charge >= 0.3 is 5.97 Å². The first-order chi connectivity index (χ1) is 9.75. The van der Waals surface area contributed by atoms with Gasteiger partial charge in [-0.15, -0.1) is 0 Å². The Kier molecular flexibility index (Phi) is 3.09. The summed E-state index contributed by atoms with van der Waals surface area (Å²) in [6.45, 7) is 0.118. The van der Waals surface area contributed by atoms with Gasteiger partial charge in [0.1, 0.15) is 23.7 Å². The van der Waals surface area contributed by atoms with Crippen LogP contribution in [0.2, 0.25) is 0 Å². The van der Waals surface area contributed by atoms with Crippen LogP contribution in [-0.2, 0) is 6.61 Å². The molecule has 5 nitrogen and oxygen atoms in total. The van der Waals surface area contributed by atoms with Crippen LogP contribution < -0.4 is 4.74 Å². The molecule has 1 aromatic carbocycles. The molecule has 0 saturated carbocycles. The molecule has 0 saturated heterocycles. The van der Waals surface area contributed by atoms with Gasteiger partial charge in [0.2, 0.25) is 0 Å². The maximum Gasteiger partial charge on any atom is 0.354 e. The molecule has 1 N–H and O–H groups in total. The number of rotatable bonds is 4. The van der Waals surface area contributed by atoms with Crippen molar-refractivity contribution in [1.82, 2.24) is 9.38 Å². The molecule has 5 heteroatoms. The van der Waals surface area contributed by atoms with Crippen molar-refractivity contribution in [2.24, 2.45) is 0 Å². The van der Waals surface area contributed by atoms with E-state index >= 15 is 0 Å². The van der Waals surface area contributed by atoms with E-state index in [1.54, 1.807) is 22.7 Å². The van der Waals surface area contributed by atoms with Crippen molar-refractivity contribution < 1.29 is 14.6 Å². The van der Waals surface area contributed by atoms with Gasteiger partial charge in [0.15, 0.2) is 5.69 Å². The van der Waals surface area contributed by atoms with E-state index < -0.39 is 5.97 Å². The second-order valence-electron chi connectivity index (χ2n) is 4.24. The summed E-state index contributed by atoms with van der Waals surface area (Å²) in [6.07, 6.45) is 1.68. The summed E-state index contributed by atoms with van der Waals surface area (Å²) in [5, 5.41) is 9.33. The second-order valence-corrected chi connectivity index (χ2v) is 4.24. The summed E-state index contributed by atoms with van der Waals surface area (Å²) >= 11 is 0. The van der Waals surface area contributed by atoms with Crippen molar-refractivity contribution in [2.45, 2.75) is 6.61 Å². The second kappa shape index (κ2) is 5.05. The lowest BCUT2D eigenvalue weighted by Crippen LogP contribution is -2.07. The molecule has 0 unspecified atom stereocenters. The lowest BCUT2D eigenvalue weighted by atomic mass is 10.3. The topological polar surface area (TPSA) is 63.8 Å². The van der Waals surface area contributed by atoms with E-state index in [9.17, 15) is 9.90 Å². The van der Waals surface area contributed by atoms with Crippen LogP contribution in [0.1, 0.15) is 16.2 Å². The van der Waals surface area contributed by atoms with Crippen LogP contribution in [0.4, 0.5) is 0 Å². The molecule has 0 aliphatic heterocycles. The molecule has 0 spiro atoms. The molecule has 0 amide bonds. The lowest BCUT2D eigenvalue weighted by molar-refractivity contribution is 0.0686. The van der Waals surface area contributed by atoms with E-state index in [4.69, 9.17) is 4.74 Å². The lowest BCUT2D eigenvalue weighted by Gasteiger charge is -2.04. The Balaban J connectivity index is 1.95. The Morgan fingerprint density at radius 1 is 1.15 bits per heavy atom. The number of hydrogen-bond acceptors (Lipinski definition) is 3. The molecule has 100 valence electrons. The third-order valence-electron chi connectivity index (χ3n) is 2.92. The molecule has 2 heterocycles. The minimum atomic E-state index is -1.02. The van der Waals surface area contributed by atoms with Crippen LogP contribution in [0.3, 0.4) is 0 Å². The molecular formula is C15H12N2O3. The number of para-hydroxylation sites is 1. The number of carboxylic acids is 1. The van der Waals surface area contributed by atoms with Gasteiger partial charge in [-0.3, -0.25) is 4.40 Å². The highest BCUT2D eigenvalue weighted by Gasteiger charge is 2.18. The van der Waals surface area contributed by atoms with E-state index in [-0.39, 0.29) is 12.3 Å². The average Bonchev–Trinajstić information content (AvgIpc) is 2.84. The third-order valence-corrected chi connectivity index (χ3v) is 2.92. The van der Waals surface area contributed by atoms with Crippen LogP contribution in [0.25, 0.3) is 5.65 Å². The highest BCUT2D eigenvalue weighted by Crippen LogP contribution is 2.16. The fraction of sp³-hybridized carbons (Fsp3) is 0.0667. The van der Waals surface area contributed by atoms with E-state index in [2.05, 4.69) is 4.98 Å². The van der Waals surface area contributed by atoms with Gasteiger partial charge in [0.25, 0.3) is 0 Å². The number of aromatic nitrogens is 2. The Labute approximate surface area is 115 Å². The molecule has 0 fully saturated rings. The minimum absolute atomic E-state index is 0.118. The summed E-state index contributed by atoms with van der Waals surface area (Å²) in [6, 6.07) is 14.6. The van der Waals surface area contributed by atoms with Gasteiger partial charge in [-0.2, -0.15) is 0 Å². The van der Waals surface area contributed by atoms with Gasteiger partial charge in [0.05, 0.1) is 0 Å². The standard InChI is InChI=1S/C15H12N2O3/c18-15(19)14-12(10-20-11-6-2-1-3-7-11)16-13-8-4-5-9-17(13)14/h1-9H,10H2,(H,18,19). The molecule has 0 aliphatic carbocycles. The van der Waals surface area contributed by atoms with Crippen LogP contribution in [-0.4, -0.2) is 20.5 Å². The Morgan fingerprint density at radius 3 is 2.65 bits per heavy atom. The largest absolute Gasteiger partial charge is 0.487 e. The highest BCUT2D eigenvalue weighted by molar-refractivity contribution is 5.88. The number of aromatic carboxylic acids is 1. The maximum atomic E-state index is 11.4. The summed E-state index contributed by atoms with van der Waals surface area (Å²) in [5.41, 5.74) is 1.14. The predicted molar refractivity (Wildman–Crippen MR) is 72.9 cm³/mol. The zero-order valence-electron chi connectivity index (χ0n) is 10.6. The average molecular weight is 268 g/mol. The third kappa shape index (κ3) is 2.21. The molecule has 0 atom stereocenters. The maximum absolute atomic E-state index is 11.4. The number of carbonyl (C=O) groups is 1. The smallest absolute Gasteiger partial charge is 0.354 e. The van der Waals surface area contributed by atoms with Crippen LogP contribution in [0, 0.1) is 0 Å². The summed E-state index contributed by atoms with van der Waals surface area (Å²) in [4.78, 5) is 15.7. The fourth-order valence-corrected chi connectivity index (χ4v) is 2.04. The summed E-state index contributed by atoms with van der Waals surface area (Å²) in [7, 11) is 0. The van der Waals surface area contributed by atoms with Crippen molar-refractivity contribution in [3.8, 4) is 5.75 Å². The van der Waals surface area contributed by atoms with E-state index in [1.807, 2.05) is 36.4 Å². The molecule has 0 radical (unpaired) electrons. The van der Waals surface area contributed by atoms with Crippen LogP contribution in [0.15, 0.2) is 54.7 Å². The van der Waals surface area contributed by atoms with Crippen LogP contribution in [0.5, 0.6) is 5.75 Å². The molecular weight excluding hydrogens is 256 g/mol. The van der Waals surface area contributed by atoms with Gasteiger partial charge in [-0.25, -0.2) is 9.78 Å². The van der Waals surface area contributed by atoms with Crippen LogP contribution >= 0.6 is 0 Å². The number of carboxylic acid groups (broad SMARTS) is 1. The fourth-order valence-electron chi connectivity index (χ4n) is 2.04. The van der Waals surface area contributed by atoms with Gasteiger partial charge in [-0.1, -0.05) is 24.3 Å². The highest BCUT2D eigenvalue weighted by atomic mass is 16.5. The number of nitrogens with zero attached hydrogens (tertiary/aromatic N) is 2. The number of ether oxygens (including phenoxy) is 1. The van der Waals surface area contributed by atoms with E-state index in [0.717, 1.165) is 0 Å². The van der Waals surface area contributed by atoms with Crippen molar-refractivity contribution in [3.05, 3.63) is 66.1 Å². The normalized spacial score (nSPS) is 10.6. The zero-order valence-corrected chi connectivity index (χ0v) is 10.6. The van der Waals surface area contributed by atoms with Gasteiger partial charge in [-0.05, 0) is 24.3 Å². The Bertz CT molecular complexity index is 750.